The number of hydrogen-bond donors (Lipinski definition) is 1. The lowest BCUT2D eigenvalue weighted by molar-refractivity contribution is 0.228. The summed E-state index contributed by atoms with van der Waals surface area (Å²) >= 11 is 3.45. The van der Waals surface area contributed by atoms with Gasteiger partial charge in [0, 0.05) is 0 Å². The maximum atomic E-state index is 12.6. The first-order valence-corrected chi connectivity index (χ1v) is 11.2. The molecule has 0 atom stereocenters. The Hall–Kier alpha value is -2.58. The van der Waals surface area contributed by atoms with Gasteiger partial charge in [-0.2, -0.15) is 13.5 Å². The Bertz CT molecular complexity index is 1160. The summed E-state index contributed by atoms with van der Waals surface area (Å²) in [6.07, 6.45) is 1.39. The largest absolute Gasteiger partial charge is 0.493 e. The molecule has 0 saturated carbocycles. The summed E-state index contributed by atoms with van der Waals surface area (Å²) in [7, 11) is -2.25. The van der Waals surface area contributed by atoms with Crippen molar-refractivity contribution in [3.05, 3.63) is 64.6 Å². The number of ether oxygens (including phenoxy) is 2. The van der Waals surface area contributed by atoms with Crippen LogP contribution in [0, 0.1) is 0 Å². The van der Waals surface area contributed by atoms with Gasteiger partial charge in [0.2, 0.25) is 0 Å². The molecule has 0 aliphatic rings. The fraction of sp³-hybridized carbons (Fsp3) is 0.190. The maximum Gasteiger partial charge on any atom is 0.276 e. The van der Waals surface area contributed by atoms with Crippen LogP contribution < -0.4 is 14.3 Å². The van der Waals surface area contributed by atoms with Gasteiger partial charge >= 0.3 is 0 Å². The van der Waals surface area contributed by atoms with Crippen molar-refractivity contribution in [2.75, 3.05) is 7.11 Å². The normalized spacial score (nSPS) is 11.9. The molecule has 3 aromatic carbocycles. The van der Waals surface area contributed by atoms with Gasteiger partial charge in [-0.3, -0.25) is 0 Å². The third-order valence-electron chi connectivity index (χ3n) is 4.02. The summed E-state index contributed by atoms with van der Waals surface area (Å²) in [6.45, 7) is 3.84. The molecule has 0 radical (unpaired) electrons. The molecule has 0 spiro atoms. The van der Waals surface area contributed by atoms with Crippen LogP contribution in [0.2, 0.25) is 0 Å². The average molecular weight is 477 g/mol. The van der Waals surface area contributed by atoms with Crippen LogP contribution in [-0.4, -0.2) is 27.8 Å². The van der Waals surface area contributed by atoms with Gasteiger partial charge in [0.25, 0.3) is 10.0 Å². The second-order valence-electron chi connectivity index (χ2n) is 6.56. The number of hydrazone groups is 1. The molecule has 0 heterocycles. The van der Waals surface area contributed by atoms with Crippen molar-refractivity contribution < 1.29 is 17.9 Å². The summed E-state index contributed by atoms with van der Waals surface area (Å²) in [5, 5.41) is 5.71. The molecule has 3 aromatic rings. The standard InChI is InChI=1S/C21H21BrN2O4S/c1-14(2)28-21-19(22)10-15(11-20(21)27-3)13-23-24-29(25,26)18-9-8-16-6-4-5-7-17(16)12-18/h4-14,24H,1-3H3/b23-13-. The molecular formula is C21H21BrN2O4S. The molecule has 0 aliphatic carbocycles. The van der Waals surface area contributed by atoms with Gasteiger partial charge in [-0.05, 0) is 70.4 Å². The van der Waals surface area contributed by atoms with E-state index in [1.54, 1.807) is 30.3 Å². The first-order chi connectivity index (χ1) is 13.8. The van der Waals surface area contributed by atoms with Crippen molar-refractivity contribution in [3.63, 3.8) is 0 Å². The Morgan fingerprint density at radius 3 is 2.48 bits per heavy atom. The van der Waals surface area contributed by atoms with Crippen molar-refractivity contribution in [1.82, 2.24) is 4.83 Å². The molecular weight excluding hydrogens is 456 g/mol. The van der Waals surface area contributed by atoms with E-state index in [2.05, 4.69) is 25.9 Å². The Balaban J connectivity index is 1.81. The van der Waals surface area contributed by atoms with Gasteiger partial charge in [-0.15, -0.1) is 0 Å². The molecule has 29 heavy (non-hydrogen) atoms. The lowest BCUT2D eigenvalue weighted by Gasteiger charge is -2.15. The number of hydrogen-bond acceptors (Lipinski definition) is 5. The number of nitrogens with one attached hydrogen (secondary N) is 1. The molecule has 1 N–H and O–H groups in total. The van der Waals surface area contributed by atoms with Crippen LogP contribution in [-0.2, 0) is 10.0 Å². The lowest BCUT2D eigenvalue weighted by atomic mass is 10.1. The number of nitrogens with zero attached hydrogens (tertiary/aromatic N) is 1. The predicted octanol–water partition coefficient (Wildman–Crippen LogP) is 4.71. The summed E-state index contributed by atoms with van der Waals surface area (Å²) in [4.78, 5) is 2.39. The van der Waals surface area contributed by atoms with Crippen molar-refractivity contribution in [2.24, 2.45) is 5.10 Å². The molecule has 0 amide bonds. The third kappa shape index (κ3) is 5.07. The van der Waals surface area contributed by atoms with E-state index in [0.29, 0.717) is 21.5 Å². The van der Waals surface area contributed by atoms with Gasteiger partial charge in [-0.25, -0.2) is 4.83 Å². The Morgan fingerprint density at radius 1 is 1.07 bits per heavy atom. The molecule has 3 rings (SSSR count). The molecule has 152 valence electrons. The van der Waals surface area contributed by atoms with Crippen LogP contribution in [0.3, 0.4) is 0 Å². The molecule has 0 fully saturated rings. The topological polar surface area (TPSA) is 77.0 Å². The van der Waals surface area contributed by atoms with Gasteiger partial charge in [0.15, 0.2) is 11.5 Å². The van der Waals surface area contributed by atoms with Gasteiger partial charge < -0.3 is 9.47 Å². The second-order valence-corrected chi connectivity index (χ2v) is 9.08. The van der Waals surface area contributed by atoms with Crippen molar-refractivity contribution in [1.29, 1.82) is 0 Å². The van der Waals surface area contributed by atoms with Crippen LogP contribution in [0.15, 0.2) is 69.1 Å². The monoisotopic (exact) mass is 476 g/mol. The van der Waals surface area contributed by atoms with Crippen molar-refractivity contribution >= 4 is 42.9 Å². The summed E-state index contributed by atoms with van der Waals surface area (Å²) in [5.74, 6) is 1.10. The minimum atomic E-state index is -3.79. The Kier molecular flexibility index (Phi) is 6.44. The van der Waals surface area contributed by atoms with E-state index >= 15 is 0 Å². The molecule has 8 heteroatoms. The predicted molar refractivity (Wildman–Crippen MR) is 118 cm³/mol. The zero-order valence-electron chi connectivity index (χ0n) is 16.2. The van der Waals surface area contributed by atoms with Gasteiger partial charge in [0.05, 0.1) is 28.8 Å². The van der Waals surface area contributed by atoms with E-state index in [0.717, 1.165) is 10.8 Å². The zero-order valence-corrected chi connectivity index (χ0v) is 18.6. The lowest BCUT2D eigenvalue weighted by Crippen LogP contribution is -2.18. The average Bonchev–Trinajstić information content (AvgIpc) is 2.69. The maximum absolute atomic E-state index is 12.6. The summed E-state index contributed by atoms with van der Waals surface area (Å²) in [6, 6.07) is 16.0. The Labute approximate surface area is 178 Å². The van der Waals surface area contributed by atoms with E-state index in [-0.39, 0.29) is 11.0 Å². The fourth-order valence-electron chi connectivity index (χ4n) is 2.72. The first-order valence-electron chi connectivity index (χ1n) is 8.88. The number of fused-ring (bicyclic) bond motifs is 1. The molecule has 0 saturated heterocycles. The smallest absolute Gasteiger partial charge is 0.276 e. The highest BCUT2D eigenvalue weighted by molar-refractivity contribution is 9.10. The van der Waals surface area contributed by atoms with E-state index in [1.165, 1.54) is 13.3 Å². The van der Waals surface area contributed by atoms with E-state index in [1.807, 2.05) is 38.1 Å². The van der Waals surface area contributed by atoms with Crippen molar-refractivity contribution in [2.45, 2.75) is 24.8 Å². The van der Waals surface area contributed by atoms with Crippen molar-refractivity contribution in [3.8, 4) is 11.5 Å². The number of sulfonamides is 1. The van der Waals surface area contributed by atoms with Gasteiger partial charge in [0.1, 0.15) is 0 Å². The highest BCUT2D eigenvalue weighted by Crippen LogP contribution is 2.37. The van der Waals surface area contributed by atoms with Gasteiger partial charge in [-0.1, -0.05) is 30.3 Å². The SMILES string of the molecule is COc1cc(/C=N\NS(=O)(=O)c2ccc3ccccc3c2)cc(Br)c1OC(C)C. The highest BCUT2D eigenvalue weighted by atomic mass is 79.9. The third-order valence-corrected chi connectivity index (χ3v) is 5.83. The molecule has 6 nitrogen and oxygen atoms in total. The van der Waals surface area contributed by atoms with Crippen LogP contribution in [0.25, 0.3) is 10.8 Å². The summed E-state index contributed by atoms with van der Waals surface area (Å²) < 4.78 is 36.9. The minimum Gasteiger partial charge on any atom is -0.493 e. The minimum absolute atomic E-state index is 0.0199. The number of rotatable bonds is 7. The van der Waals surface area contributed by atoms with E-state index < -0.39 is 10.0 Å². The van der Waals surface area contributed by atoms with Crippen LogP contribution in [0.4, 0.5) is 0 Å². The number of halogens is 1. The molecule has 0 aromatic heterocycles. The van der Waals surface area contributed by atoms with E-state index in [9.17, 15) is 8.42 Å². The highest BCUT2D eigenvalue weighted by Gasteiger charge is 2.14. The number of methoxy groups -OCH3 is 1. The number of benzene rings is 3. The van der Waals surface area contributed by atoms with Crippen LogP contribution >= 0.6 is 15.9 Å². The molecule has 0 bridgehead atoms. The molecule has 0 aliphatic heterocycles. The van der Waals surface area contributed by atoms with E-state index in [4.69, 9.17) is 9.47 Å². The molecule has 0 unspecified atom stereocenters. The summed E-state index contributed by atoms with van der Waals surface area (Å²) in [5.41, 5.74) is 0.644. The second kappa shape index (κ2) is 8.84. The Morgan fingerprint density at radius 2 is 1.79 bits per heavy atom. The first kappa shape index (κ1) is 21.1. The fourth-order valence-corrected chi connectivity index (χ4v) is 4.10. The van der Waals surface area contributed by atoms with Crippen LogP contribution in [0.5, 0.6) is 11.5 Å². The quantitative estimate of drug-likeness (QED) is 0.395. The zero-order chi connectivity index (χ0) is 21.0. The van der Waals surface area contributed by atoms with Crippen LogP contribution in [0.1, 0.15) is 19.4 Å².